The third kappa shape index (κ3) is 2.33. The number of rotatable bonds is 2. The Morgan fingerprint density at radius 1 is 0.594 bits per heavy atom. The van der Waals surface area contributed by atoms with Gasteiger partial charge in [-0.2, -0.15) is 0 Å². The molecular weight excluding hydrogens is 384 g/mol. The maximum atomic E-state index is 3.46. The molecule has 0 aliphatic heterocycles. The maximum Gasteiger partial charge on any atom is 0.0285 e. The molecule has 1 unspecified atom stereocenters. The van der Waals surface area contributed by atoms with E-state index in [0.29, 0.717) is 5.92 Å². The first-order chi connectivity index (χ1) is 15.9. The van der Waals surface area contributed by atoms with Gasteiger partial charge in [0.2, 0.25) is 0 Å². The predicted molar refractivity (Wildman–Crippen MR) is 136 cm³/mol. The molecule has 4 aromatic rings. The molecule has 0 heterocycles. The molecule has 0 bridgehead atoms. The van der Waals surface area contributed by atoms with Gasteiger partial charge < -0.3 is 0 Å². The van der Waals surface area contributed by atoms with E-state index in [1.165, 1.54) is 54.9 Å². The second-order valence-electron chi connectivity index (χ2n) is 8.56. The summed E-state index contributed by atoms with van der Waals surface area (Å²) in [5.74, 6) is 0.326. The smallest absolute Gasteiger partial charge is 0.0285 e. The van der Waals surface area contributed by atoms with E-state index in [-0.39, 0.29) is 0 Å². The van der Waals surface area contributed by atoms with E-state index in [0.717, 1.165) is 5.57 Å². The summed E-state index contributed by atoms with van der Waals surface area (Å²) < 4.78 is 0. The van der Waals surface area contributed by atoms with Gasteiger partial charge in [-0.25, -0.2) is 0 Å². The minimum absolute atomic E-state index is 0.326. The Morgan fingerprint density at radius 2 is 1.25 bits per heavy atom. The second-order valence-corrected chi connectivity index (χ2v) is 8.56. The molecule has 0 radical (unpaired) electrons. The van der Waals surface area contributed by atoms with Crippen LogP contribution in [0.5, 0.6) is 0 Å². The molecule has 0 aromatic heterocycles. The van der Waals surface area contributed by atoms with Crippen molar-refractivity contribution in [3.8, 4) is 0 Å². The summed E-state index contributed by atoms with van der Waals surface area (Å²) in [6.07, 6.45) is 15.3. The molecule has 0 fully saturated rings. The third-order valence-corrected chi connectivity index (χ3v) is 6.93. The van der Waals surface area contributed by atoms with Crippen molar-refractivity contribution in [2.75, 3.05) is 0 Å². The first kappa shape index (κ1) is 17.5. The predicted octanol–water partition coefficient (Wildman–Crippen LogP) is 8.13. The van der Waals surface area contributed by atoms with Crippen LogP contribution >= 0.6 is 0 Å². The van der Waals surface area contributed by atoms with Gasteiger partial charge in [0, 0.05) is 17.1 Å². The van der Waals surface area contributed by atoms with Crippen molar-refractivity contribution < 1.29 is 0 Å². The Hall–Kier alpha value is -4.12. The van der Waals surface area contributed by atoms with Gasteiger partial charge in [0.05, 0.1) is 0 Å². The molecule has 0 nitrogen and oxygen atoms in total. The zero-order valence-corrected chi connectivity index (χ0v) is 17.5. The van der Waals surface area contributed by atoms with E-state index in [1.807, 2.05) is 6.08 Å². The highest BCUT2D eigenvalue weighted by Crippen LogP contribution is 2.51. The second kappa shape index (κ2) is 6.69. The van der Waals surface area contributed by atoms with Crippen LogP contribution in [0.1, 0.15) is 28.2 Å². The lowest BCUT2D eigenvalue weighted by atomic mass is 9.83. The van der Waals surface area contributed by atoms with Gasteiger partial charge in [0.25, 0.3) is 0 Å². The average Bonchev–Trinajstić information content (AvgIpc) is 3.49. The van der Waals surface area contributed by atoms with Gasteiger partial charge in [-0.05, 0) is 61.5 Å². The molecule has 0 N–H and O–H groups in total. The first-order valence-corrected chi connectivity index (χ1v) is 11.2. The summed E-state index contributed by atoms with van der Waals surface area (Å²) in [6, 6.07) is 26.7. The lowest BCUT2D eigenvalue weighted by Crippen LogP contribution is -1.97. The van der Waals surface area contributed by atoms with Crippen molar-refractivity contribution in [3.05, 3.63) is 149 Å². The summed E-state index contributed by atoms with van der Waals surface area (Å²) >= 11 is 0. The largest absolute Gasteiger partial charge is 0.112 e. The van der Waals surface area contributed by atoms with E-state index in [1.54, 1.807) is 0 Å². The maximum absolute atomic E-state index is 3.46. The number of benzene rings is 4. The van der Waals surface area contributed by atoms with Crippen LogP contribution in [0.15, 0.2) is 127 Å². The molecule has 0 amide bonds. The minimum Gasteiger partial charge on any atom is -0.112 e. The van der Waals surface area contributed by atoms with Gasteiger partial charge in [-0.3, -0.25) is 0 Å². The van der Waals surface area contributed by atoms with Crippen LogP contribution in [0.2, 0.25) is 0 Å². The summed E-state index contributed by atoms with van der Waals surface area (Å²) in [5.41, 5.74) is 12.8. The van der Waals surface area contributed by atoms with Crippen LogP contribution in [0.25, 0.3) is 32.7 Å². The Labute approximate surface area is 187 Å². The van der Waals surface area contributed by atoms with Crippen LogP contribution in [-0.4, -0.2) is 0 Å². The number of hydrogen-bond donors (Lipinski definition) is 0. The first-order valence-electron chi connectivity index (χ1n) is 11.2. The highest BCUT2D eigenvalue weighted by Gasteiger charge is 2.31. The van der Waals surface area contributed by atoms with Crippen molar-refractivity contribution in [1.82, 2.24) is 0 Å². The standard InChI is InChI=1S/C32H20/c1-2-12-21(11-1)30-26-17-7-9-19-28(26)32(29-20-10-8-18-27(29)30)31-24-15-5-3-13-22(24)23-14-4-6-16-25(23)31/h1-11,13-20,22H. The fourth-order valence-corrected chi connectivity index (χ4v) is 5.66. The third-order valence-electron chi connectivity index (χ3n) is 6.93. The van der Waals surface area contributed by atoms with E-state index in [2.05, 4.69) is 115 Å². The molecule has 3 aliphatic carbocycles. The van der Waals surface area contributed by atoms with E-state index >= 15 is 0 Å². The van der Waals surface area contributed by atoms with Gasteiger partial charge >= 0.3 is 0 Å². The van der Waals surface area contributed by atoms with Gasteiger partial charge in [0.1, 0.15) is 0 Å². The number of fused-ring (bicyclic) bond motifs is 5. The van der Waals surface area contributed by atoms with Crippen LogP contribution in [0.3, 0.4) is 0 Å². The molecule has 1 atom stereocenters. The summed E-state index contributed by atoms with van der Waals surface area (Å²) in [6.45, 7) is 0. The van der Waals surface area contributed by atoms with Gasteiger partial charge in [-0.15, -0.1) is 5.73 Å². The fourth-order valence-electron chi connectivity index (χ4n) is 5.66. The lowest BCUT2D eigenvalue weighted by molar-refractivity contribution is 1.05. The lowest BCUT2D eigenvalue weighted by Gasteiger charge is -2.19. The topological polar surface area (TPSA) is 0 Å². The van der Waals surface area contributed by atoms with Crippen molar-refractivity contribution in [2.45, 2.75) is 5.92 Å². The van der Waals surface area contributed by atoms with Gasteiger partial charge in [0.15, 0.2) is 0 Å². The van der Waals surface area contributed by atoms with E-state index in [9.17, 15) is 0 Å². The van der Waals surface area contributed by atoms with Gasteiger partial charge in [-0.1, -0.05) is 103 Å². The highest BCUT2D eigenvalue weighted by atomic mass is 14.3. The highest BCUT2D eigenvalue weighted by molar-refractivity contribution is 6.19. The zero-order chi connectivity index (χ0) is 21.1. The quantitative estimate of drug-likeness (QED) is 0.234. The monoisotopic (exact) mass is 404 g/mol. The molecule has 0 saturated carbocycles. The summed E-state index contributed by atoms with van der Waals surface area (Å²) in [7, 11) is 0. The zero-order valence-electron chi connectivity index (χ0n) is 17.5. The molecule has 0 spiro atoms. The molecule has 0 heteroatoms. The molecule has 4 aromatic carbocycles. The van der Waals surface area contributed by atoms with Crippen LogP contribution < -0.4 is 0 Å². The van der Waals surface area contributed by atoms with E-state index in [4.69, 9.17) is 0 Å². The molecule has 0 saturated heterocycles. The van der Waals surface area contributed by atoms with Crippen molar-refractivity contribution in [2.24, 2.45) is 0 Å². The number of hydrogen-bond acceptors (Lipinski definition) is 0. The summed E-state index contributed by atoms with van der Waals surface area (Å²) in [4.78, 5) is 0. The van der Waals surface area contributed by atoms with Crippen molar-refractivity contribution in [3.63, 3.8) is 0 Å². The van der Waals surface area contributed by atoms with Crippen LogP contribution in [0, 0.1) is 0 Å². The molecule has 7 rings (SSSR count). The van der Waals surface area contributed by atoms with Crippen LogP contribution in [-0.2, 0) is 0 Å². The summed E-state index contributed by atoms with van der Waals surface area (Å²) in [5, 5.41) is 5.18. The van der Waals surface area contributed by atoms with E-state index < -0.39 is 0 Å². The molecule has 148 valence electrons. The SMILES string of the molecule is C1=CC=CC=1c1c2ccccc2c(C2=C3C=CC=CC3c3ccccc32)c2ccccc12. The van der Waals surface area contributed by atoms with Crippen LogP contribution in [0.4, 0.5) is 0 Å². The Bertz CT molecular complexity index is 1590. The molecule has 32 heavy (non-hydrogen) atoms. The Morgan fingerprint density at radius 3 is 1.94 bits per heavy atom. The minimum atomic E-state index is 0.326. The normalized spacial score (nSPS) is 18.0. The Kier molecular flexibility index (Phi) is 3.67. The fraction of sp³-hybridized carbons (Fsp3) is 0.0312. The van der Waals surface area contributed by atoms with Crippen molar-refractivity contribution >= 4 is 32.7 Å². The van der Waals surface area contributed by atoms with Crippen molar-refractivity contribution in [1.29, 1.82) is 0 Å². The average molecular weight is 405 g/mol. The molecule has 3 aliphatic rings. The number of allylic oxidation sites excluding steroid dienone is 8. The molecular formula is C32H20. The Balaban J connectivity index is 1.69.